The normalized spacial score (nSPS) is 14.7. The highest BCUT2D eigenvalue weighted by Crippen LogP contribution is 2.47. The monoisotopic (exact) mass is 649 g/mol. The third-order valence-electron chi connectivity index (χ3n) is 4.20. The number of aliphatic carboxylic acids is 2. The lowest BCUT2D eigenvalue weighted by atomic mass is 10.1. The Bertz CT molecular complexity index is 692. The highest BCUT2D eigenvalue weighted by molar-refractivity contribution is 8.20. The van der Waals surface area contributed by atoms with Crippen LogP contribution in [0.2, 0.25) is 0 Å². The minimum absolute atomic E-state index is 0.194. The number of carboxylic acids is 2. The fraction of sp³-hybridized carbons (Fsp3) is 0.895. The van der Waals surface area contributed by atoms with E-state index in [1.807, 2.05) is 7.05 Å². The van der Waals surface area contributed by atoms with Gasteiger partial charge in [-0.2, -0.15) is 26.3 Å². The summed E-state index contributed by atoms with van der Waals surface area (Å²) < 4.78 is 117. The summed E-state index contributed by atoms with van der Waals surface area (Å²) >= 11 is 0. The van der Waals surface area contributed by atoms with E-state index in [9.17, 15) is 35.9 Å². The minimum atomic E-state index is -5.01. The second kappa shape index (κ2) is 21.5. The molecule has 0 aromatic rings. The predicted molar refractivity (Wildman–Crippen MR) is 138 cm³/mol. The van der Waals surface area contributed by atoms with E-state index in [4.69, 9.17) is 28.4 Å². The lowest BCUT2D eigenvalue weighted by molar-refractivity contribution is -0.146. The van der Waals surface area contributed by atoms with Crippen molar-refractivity contribution in [1.29, 1.82) is 0 Å². The first-order valence-corrected chi connectivity index (χ1v) is 14.8. The van der Waals surface area contributed by atoms with Crippen LogP contribution in [0.25, 0.3) is 0 Å². The number of alkyl halides is 6. The molecule has 0 aromatic heterocycles. The molecule has 0 aliphatic carbocycles. The van der Waals surface area contributed by atoms with Crippen LogP contribution in [0.5, 0.6) is 0 Å². The zero-order chi connectivity index (χ0) is 32.2. The maximum Gasteiger partial charge on any atom is 0.402 e. The topological polar surface area (TPSA) is 224 Å². The Kier molecular flexibility index (Phi) is 23.3. The fourth-order valence-electron chi connectivity index (χ4n) is 2.57. The van der Waals surface area contributed by atoms with Crippen molar-refractivity contribution in [3.63, 3.8) is 0 Å². The van der Waals surface area contributed by atoms with E-state index < -0.39 is 76.7 Å². The number of nitrogens with two attached hydrogens (primary N) is 1. The molecule has 0 amide bonds. The number of carboxylic acid groups (broad SMARTS) is 2. The Morgan fingerprint density at radius 3 is 1.68 bits per heavy atom. The average Bonchev–Trinajstić information content (AvgIpc) is 2.76. The van der Waals surface area contributed by atoms with Crippen molar-refractivity contribution in [2.24, 2.45) is 5.73 Å². The summed E-state index contributed by atoms with van der Waals surface area (Å²) in [5.74, 6) is -6.69. The van der Waals surface area contributed by atoms with Crippen molar-refractivity contribution in [2.75, 3.05) is 45.8 Å². The van der Waals surface area contributed by atoms with Gasteiger partial charge in [0.05, 0.1) is 28.3 Å². The molecule has 0 spiro atoms. The zero-order valence-corrected chi connectivity index (χ0v) is 23.8. The molecular weight excluding hydrogens is 608 g/mol. The summed E-state index contributed by atoms with van der Waals surface area (Å²) in [7, 11) is -4.01. The molecule has 0 fully saturated rings. The van der Waals surface area contributed by atoms with Crippen molar-refractivity contribution in [1.82, 2.24) is 10.6 Å². The fourth-order valence-corrected chi connectivity index (χ4v) is 4.51. The molecule has 0 saturated carbocycles. The second-order valence-corrected chi connectivity index (χ2v) is 11.2. The Labute approximate surface area is 231 Å². The summed E-state index contributed by atoms with van der Waals surface area (Å²) in [6.45, 7) is 0.347. The number of likely N-dealkylation sites (N-methyl/N-ethyl adjacent to an activating group) is 1. The van der Waals surface area contributed by atoms with Crippen LogP contribution in [-0.4, -0.2) is 111 Å². The first kappa shape index (κ1) is 43.3. The molecule has 0 bridgehead atoms. The Morgan fingerprint density at radius 2 is 1.27 bits per heavy atom. The van der Waals surface area contributed by atoms with Gasteiger partial charge in [-0.3, -0.25) is 13.2 Å². The van der Waals surface area contributed by atoms with Crippen LogP contribution in [0.4, 0.5) is 26.3 Å². The zero-order valence-electron chi connectivity index (χ0n) is 22.2. The molecule has 246 valence electrons. The number of unbranched alkanes of at least 4 members (excludes halogenated alkanes) is 2. The smallest absolute Gasteiger partial charge is 0.402 e. The Hall–Kier alpha value is -1.14. The number of hydrogen-bond donors (Lipinski definition) is 9. The van der Waals surface area contributed by atoms with Gasteiger partial charge in [0.1, 0.15) is 17.5 Å². The highest BCUT2D eigenvalue weighted by atomic mass is 32.3. The quantitative estimate of drug-likeness (QED) is 0.0764. The second-order valence-electron chi connectivity index (χ2n) is 7.75. The van der Waals surface area contributed by atoms with Crippen molar-refractivity contribution in [3.05, 3.63) is 0 Å². The standard InChI is InChI=1S/C10H18F6O8S2.C8H18N2O2.CH5N/c11-9(12,13)5-25(19,20)23-4-2-1-3-7(8(17)18)24-26(21,22)6-10(14,15)16;1-9-6-4-3-5-7(10-2)8(11)12;1-2/h7,19-22H,1-6H2,(H,17,18);7,9-10H,3-6H2,1-2H3,(H,11,12);2H2,1H3. The molecule has 40 heavy (non-hydrogen) atoms. The number of hydrogen-bond acceptors (Lipinski definition) is 11. The average molecular weight is 650 g/mol. The summed E-state index contributed by atoms with van der Waals surface area (Å²) in [4.78, 5) is 21.4. The molecule has 0 aliphatic heterocycles. The number of carbonyl (C=O) groups is 2. The molecule has 0 rings (SSSR count). The molecule has 0 aliphatic rings. The van der Waals surface area contributed by atoms with E-state index in [2.05, 4.69) is 24.7 Å². The minimum Gasteiger partial charge on any atom is -0.480 e. The Balaban J connectivity index is -0.000000816. The first-order valence-electron chi connectivity index (χ1n) is 11.5. The van der Waals surface area contributed by atoms with Crippen LogP contribution in [-0.2, 0) is 18.0 Å². The van der Waals surface area contributed by atoms with Gasteiger partial charge in [0, 0.05) is 0 Å². The molecular formula is C19H41F6N3O10S2. The van der Waals surface area contributed by atoms with Gasteiger partial charge in [-0.15, -0.1) is 0 Å². The van der Waals surface area contributed by atoms with Gasteiger partial charge in [0.2, 0.25) is 0 Å². The van der Waals surface area contributed by atoms with Crippen molar-refractivity contribution in [2.45, 2.75) is 63.0 Å². The maximum atomic E-state index is 12.1. The largest absolute Gasteiger partial charge is 0.480 e. The van der Waals surface area contributed by atoms with Crippen molar-refractivity contribution in [3.8, 4) is 0 Å². The third-order valence-corrected chi connectivity index (χ3v) is 6.69. The van der Waals surface area contributed by atoms with E-state index >= 15 is 0 Å². The van der Waals surface area contributed by atoms with E-state index in [0.29, 0.717) is 6.42 Å². The summed E-state index contributed by atoms with van der Waals surface area (Å²) in [5, 5.41) is 23.2. The van der Waals surface area contributed by atoms with Crippen LogP contribution in [0, 0.1) is 0 Å². The first-order chi connectivity index (χ1) is 18.1. The van der Waals surface area contributed by atoms with Gasteiger partial charge >= 0.3 is 24.3 Å². The lowest BCUT2D eigenvalue weighted by Crippen LogP contribution is -2.33. The van der Waals surface area contributed by atoms with E-state index in [0.717, 1.165) is 19.4 Å². The van der Waals surface area contributed by atoms with Crippen LogP contribution in [0.3, 0.4) is 0 Å². The molecule has 0 saturated heterocycles. The molecule has 0 aromatic carbocycles. The van der Waals surface area contributed by atoms with Gasteiger partial charge in [-0.1, -0.05) is 6.42 Å². The molecule has 10 N–H and O–H groups in total. The van der Waals surface area contributed by atoms with Crippen LogP contribution in [0.15, 0.2) is 0 Å². The summed E-state index contributed by atoms with van der Waals surface area (Å²) in [6, 6.07) is -0.387. The van der Waals surface area contributed by atoms with Gasteiger partial charge < -0.3 is 44.8 Å². The summed E-state index contributed by atoms with van der Waals surface area (Å²) in [6.07, 6.45) is -10.1. The molecule has 21 heteroatoms. The van der Waals surface area contributed by atoms with Crippen LogP contribution < -0.4 is 16.4 Å². The Morgan fingerprint density at radius 1 is 0.800 bits per heavy atom. The predicted octanol–water partition coefficient (Wildman–Crippen LogP) is 3.72. The molecule has 2 unspecified atom stereocenters. The van der Waals surface area contributed by atoms with Gasteiger partial charge in [-0.25, -0.2) is 4.79 Å². The van der Waals surface area contributed by atoms with Crippen LogP contribution in [0.1, 0.15) is 38.5 Å². The lowest BCUT2D eigenvalue weighted by Gasteiger charge is -2.30. The maximum absolute atomic E-state index is 12.1. The van der Waals surface area contributed by atoms with E-state index in [-0.39, 0.29) is 18.9 Å². The SMILES string of the molecule is CN.CNCCCCC(NC)C(=O)O.O=C(O)C(CCCCOS(O)(O)CC(F)(F)F)OS(O)(O)CC(F)(F)F. The number of halogens is 6. The molecule has 0 heterocycles. The molecule has 13 nitrogen and oxygen atoms in total. The number of nitrogens with one attached hydrogen (secondary N) is 2. The van der Waals surface area contributed by atoms with Crippen molar-refractivity contribution < 1.29 is 72.7 Å². The van der Waals surface area contributed by atoms with Gasteiger partial charge in [-0.05, 0) is 59.8 Å². The number of rotatable bonds is 18. The molecule has 0 radical (unpaired) electrons. The third kappa shape index (κ3) is 28.4. The summed E-state index contributed by atoms with van der Waals surface area (Å²) in [5.41, 5.74) is 4.50. The highest BCUT2D eigenvalue weighted by Gasteiger charge is 2.41. The van der Waals surface area contributed by atoms with Gasteiger partial charge in [0.25, 0.3) is 0 Å². The van der Waals surface area contributed by atoms with Crippen LogP contribution >= 0.6 is 21.7 Å². The van der Waals surface area contributed by atoms with Gasteiger partial charge in [0.15, 0.2) is 6.10 Å². The molecule has 2 atom stereocenters. The van der Waals surface area contributed by atoms with E-state index in [1.54, 1.807) is 7.05 Å². The van der Waals surface area contributed by atoms with E-state index in [1.165, 1.54) is 7.05 Å². The van der Waals surface area contributed by atoms with Crippen molar-refractivity contribution >= 4 is 33.7 Å².